The molecule has 1 atom stereocenters. The maximum absolute atomic E-state index is 12.5. The van der Waals surface area contributed by atoms with E-state index in [1.165, 1.54) is 22.9 Å². The van der Waals surface area contributed by atoms with Gasteiger partial charge in [-0.05, 0) is 42.9 Å². The fourth-order valence-corrected chi connectivity index (χ4v) is 4.49. The van der Waals surface area contributed by atoms with Gasteiger partial charge >= 0.3 is 0 Å². The maximum Gasteiger partial charge on any atom is 0.230 e. The van der Waals surface area contributed by atoms with E-state index in [-0.39, 0.29) is 11.9 Å². The van der Waals surface area contributed by atoms with Crippen LogP contribution >= 0.6 is 11.8 Å². The Balaban J connectivity index is 1.41. The highest BCUT2D eigenvalue weighted by Crippen LogP contribution is 2.30. The number of hydrogen-bond acceptors (Lipinski definition) is 4. The Bertz CT molecular complexity index is 998. The smallest absolute Gasteiger partial charge is 0.230 e. The third-order valence-corrected chi connectivity index (χ3v) is 6.28. The van der Waals surface area contributed by atoms with Gasteiger partial charge in [0.05, 0.1) is 11.8 Å². The van der Waals surface area contributed by atoms with Crippen molar-refractivity contribution in [3.63, 3.8) is 0 Å². The van der Waals surface area contributed by atoms with Crippen molar-refractivity contribution in [1.29, 1.82) is 0 Å². The summed E-state index contributed by atoms with van der Waals surface area (Å²) in [5.74, 6) is 1.19. The lowest BCUT2D eigenvalue weighted by Gasteiger charge is -2.26. The minimum absolute atomic E-state index is 0.0344. The predicted molar refractivity (Wildman–Crippen MR) is 112 cm³/mol. The summed E-state index contributed by atoms with van der Waals surface area (Å²) in [6.07, 6.45) is 3.20. The average Bonchev–Trinajstić information content (AvgIpc) is 3.07. The molecule has 1 heterocycles. The normalized spacial score (nSPS) is 15.9. The summed E-state index contributed by atoms with van der Waals surface area (Å²) in [6, 6.07) is 16.6. The molecule has 0 bridgehead atoms. The third-order valence-electron chi connectivity index (χ3n) is 5.26. The summed E-state index contributed by atoms with van der Waals surface area (Å²) in [4.78, 5) is 12.5. The van der Waals surface area contributed by atoms with Gasteiger partial charge < -0.3 is 9.88 Å². The van der Waals surface area contributed by atoms with Gasteiger partial charge in [0.2, 0.25) is 5.91 Å². The van der Waals surface area contributed by atoms with E-state index >= 15 is 0 Å². The Morgan fingerprint density at radius 1 is 1.18 bits per heavy atom. The quantitative estimate of drug-likeness (QED) is 0.665. The number of aromatic nitrogens is 3. The zero-order chi connectivity index (χ0) is 19.5. The van der Waals surface area contributed by atoms with Gasteiger partial charge in [-0.15, -0.1) is 10.2 Å². The molecule has 1 amide bonds. The highest BCUT2D eigenvalue weighted by Gasteiger charge is 2.22. The predicted octanol–water partition coefficient (Wildman–Crippen LogP) is 4.08. The lowest BCUT2D eigenvalue weighted by molar-refractivity contribution is -0.119. The van der Waals surface area contributed by atoms with Crippen LogP contribution < -0.4 is 5.32 Å². The van der Waals surface area contributed by atoms with Gasteiger partial charge in [0.15, 0.2) is 11.0 Å². The number of nitrogens with one attached hydrogen (secondary N) is 1. The number of nitrogens with zero attached hydrogens (tertiary/aromatic N) is 3. The highest BCUT2D eigenvalue weighted by atomic mass is 32.2. The van der Waals surface area contributed by atoms with Gasteiger partial charge in [0.1, 0.15) is 0 Å². The van der Waals surface area contributed by atoms with Crippen molar-refractivity contribution in [2.24, 2.45) is 7.05 Å². The summed E-state index contributed by atoms with van der Waals surface area (Å²) in [6.45, 7) is 2.06. The van der Waals surface area contributed by atoms with Crippen LogP contribution in [0.2, 0.25) is 0 Å². The van der Waals surface area contributed by atoms with Crippen molar-refractivity contribution >= 4 is 17.7 Å². The molecule has 144 valence electrons. The summed E-state index contributed by atoms with van der Waals surface area (Å²) in [7, 11) is 1.94. The second-order valence-electron chi connectivity index (χ2n) is 7.18. The second-order valence-corrected chi connectivity index (χ2v) is 8.12. The molecule has 1 N–H and O–H groups in total. The largest absolute Gasteiger partial charge is 0.349 e. The standard InChI is InChI=1S/C22H24N4OS/c1-15-8-3-5-11-17(15)21-24-25-22(26(21)2)28-14-20(27)23-19-13-7-10-16-9-4-6-12-18(16)19/h3-6,8-9,11-12,19H,7,10,13-14H2,1-2H3,(H,23,27)/t19-/m1/s1. The molecule has 4 rings (SSSR count). The van der Waals surface area contributed by atoms with E-state index in [1.807, 2.05) is 35.9 Å². The molecule has 1 aromatic heterocycles. The Morgan fingerprint density at radius 2 is 1.96 bits per heavy atom. The third kappa shape index (κ3) is 3.83. The molecule has 0 spiro atoms. The van der Waals surface area contributed by atoms with Crippen LogP contribution in [0.1, 0.15) is 35.6 Å². The van der Waals surface area contributed by atoms with Crippen molar-refractivity contribution in [2.75, 3.05) is 5.75 Å². The first kappa shape index (κ1) is 18.7. The lowest BCUT2D eigenvalue weighted by atomic mass is 9.88. The summed E-state index contributed by atoms with van der Waals surface area (Å²) < 4.78 is 1.95. The van der Waals surface area contributed by atoms with Crippen molar-refractivity contribution < 1.29 is 4.79 Å². The first-order chi connectivity index (χ1) is 13.6. The van der Waals surface area contributed by atoms with E-state index in [2.05, 4.69) is 46.7 Å². The molecule has 1 aliphatic carbocycles. The van der Waals surface area contributed by atoms with Gasteiger partial charge in [-0.25, -0.2) is 0 Å². The molecular formula is C22H24N4OS. The number of carbonyl (C=O) groups is 1. The highest BCUT2D eigenvalue weighted by molar-refractivity contribution is 7.99. The van der Waals surface area contributed by atoms with Crippen LogP contribution in [0.15, 0.2) is 53.7 Å². The first-order valence-corrected chi connectivity index (χ1v) is 10.6. The van der Waals surface area contributed by atoms with Crippen LogP contribution in [-0.4, -0.2) is 26.4 Å². The number of fused-ring (bicyclic) bond motifs is 1. The van der Waals surface area contributed by atoms with Gasteiger partial charge in [0, 0.05) is 12.6 Å². The number of aryl methyl sites for hydroxylation is 2. The maximum atomic E-state index is 12.5. The molecule has 3 aromatic rings. The molecule has 0 saturated carbocycles. The van der Waals surface area contributed by atoms with E-state index in [1.54, 1.807) is 0 Å². The van der Waals surface area contributed by atoms with Crippen LogP contribution in [0.25, 0.3) is 11.4 Å². The van der Waals surface area contributed by atoms with E-state index in [0.717, 1.165) is 41.4 Å². The van der Waals surface area contributed by atoms with E-state index in [4.69, 9.17) is 0 Å². The second kappa shape index (κ2) is 8.19. The van der Waals surface area contributed by atoms with Crippen LogP contribution in [0.5, 0.6) is 0 Å². The van der Waals surface area contributed by atoms with Crippen LogP contribution in [-0.2, 0) is 18.3 Å². The molecule has 1 aliphatic rings. The number of thioether (sulfide) groups is 1. The minimum Gasteiger partial charge on any atom is -0.349 e. The molecule has 0 saturated heterocycles. The molecule has 0 radical (unpaired) electrons. The fraction of sp³-hybridized carbons (Fsp3) is 0.318. The monoisotopic (exact) mass is 392 g/mol. The van der Waals surface area contributed by atoms with Gasteiger partial charge in [0.25, 0.3) is 0 Å². The number of rotatable bonds is 5. The van der Waals surface area contributed by atoms with Crippen molar-refractivity contribution in [1.82, 2.24) is 20.1 Å². The number of carbonyl (C=O) groups excluding carboxylic acids is 1. The lowest BCUT2D eigenvalue weighted by Crippen LogP contribution is -2.32. The molecule has 0 unspecified atom stereocenters. The summed E-state index contributed by atoms with van der Waals surface area (Å²) >= 11 is 1.42. The Morgan fingerprint density at radius 3 is 2.82 bits per heavy atom. The zero-order valence-electron chi connectivity index (χ0n) is 16.2. The first-order valence-electron chi connectivity index (χ1n) is 9.59. The van der Waals surface area contributed by atoms with Crippen molar-refractivity contribution in [3.05, 3.63) is 65.2 Å². The molecule has 6 heteroatoms. The van der Waals surface area contributed by atoms with Crippen molar-refractivity contribution in [3.8, 4) is 11.4 Å². The molecular weight excluding hydrogens is 368 g/mol. The molecule has 5 nitrogen and oxygen atoms in total. The summed E-state index contributed by atoms with van der Waals surface area (Å²) in [5.41, 5.74) is 4.83. The average molecular weight is 393 g/mol. The van der Waals surface area contributed by atoms with E-state index < -0.39 is 0 Å². The minimum atomic E-state index is 0.0344. The number of benzene rings is 2. The Hall–Kier alpha value is -2.60. The van der Waals surface area contributed by atoms with Gasteiger partial charge in [-0.3, -0.25) is 4.79 Å². The number of amides is 1. The zero-order valence-corrected chi connectivity index (χ0v) is 17.0. The van der Waals surface area contributed by atoms with Crippen LogP contribution in [0.4, 0.5) is 0 Å². The SMILES string of the molecule is Cc1ccccc1-c1nnc(SCC(=O)N[C@@H]2CCCc3ccccc32)n1C. The topological polar surface area (TPSA) is 59.8 Å². The van der Waals surface area contributed by atoms with Crippen LogP contribution in [0, 0.1) is 6.92 Å². The molecule has 28 heavy (non-hydrogen) atoms. The Labute approximate surface area is 169 Å². The summed E-state index contributed by atoms with van der Waals surface area (Å²) in [5, 5.41) is 12.6. The fourth-order valence-electron chi connectivity index (χ4n) is 3.77. The number of hydrogen-bond donors (Lipinski definition) is 1. The molecule has 2 aromatic carbocycles. The molecule has 0 fully saturated rings. The van der Waals surface area contributed by atoms with E-state index in [9.17, 15) is 4.79 Å². The van der Waals surface area contributed by atoms with Crippen molar-refractivity contribution in [2.45, 2.75) is 37.4 Å². The molecule has 0 aliphatic heterocycles. The van der Waals surface area contributed by atoms with Gasteiger partial charge in [-0.1, -0.05) is 60.3 Å². The Kier molecular flexibility index (Phi) is 5.48. The van der Waals surface area contributed by atoms with Gasteiger partial charge in [-0.2, -0.15) is 0 Å². The van der Waals surface area contributed by atoms with E-state index in [0.29, 0.717) is 5.75 Å². The van der Waals surface area contributed by atoms with Crippen LogP contribution in [0.3, 0.4) is 0 Å².